The first-order valence-corrected chi connectivity index (χ1v) is 6.63. The Balaban J connectivity index is 2.03. The minimum atomic E-state index is -0.388. The summed E-state index contributed by atoms with van der Waals surface area (Å²) in [4.78, 5) is 33.8. The summed E-state index contributed by atoms with van der Waals surface area (Å²) in [6.45, 7) is 1.75. The number of fused-ring (bicyclic) bond motifs is 1. The molecule has 0 atom stereocenters. The summed E-state index contributed by atoms with van der Waals surface area (Å²) in [5, 5.41) is 3.18. The van der Waals surface area contributed by atoms with Gasteiger partial charge in [0.25, 0.3) is 5.91 Å². The highest BCUT2D eigenvalue weighted by Gasteiger charge is 2.30. The third-order valence-corrected chi connectivity index (χ3v) is 3.38. The van der Waals surface area contributed by atoms with Crippen molar-refractivity contribution in [2.45, 2.75) is 6.92 Å². The highest BCUT2D eigenvalue weighted by molar-refractivity contribution is 6.30. The van der Waals surface area contributed by atoms with E-state index in [0.29, 0.717) is 16.5 Å². The van der Waals surface area contributed by atoms with Crippen molar-refractivity contribution in [2.75, 3.05) is 16.8 Å². The molecule has 1 aliphatic rings. The lowest BCUT2D eigenvalue weighted by molar-refractivity contribution is -0.115. The summed E-state index contributed by atoms with van der Waals surface area (Å²) in [6, 6.07) is 4.87. The number of carbonyl (C=O) groups excluding carboxylic acids is 2. The molecule has 106 valence electrons. The van der Waals surface area contributed by atoms with Crippen LogP contribution in [-0.2, 0) is 4.79 Å². The summed E-state index contributed by atoms with van der Waals surface area (Å²) in [5.41, 5.74) is 1.61. The number of aromatic nitrogens is 2. The van der Waals surface area contributed by atoms with Crippen LogP contribution >= 0.6 is 11.6 Å². The number of amides is 2. The first-order chi connectivity index (χ1) is 10.1. The predicted octanol–water partition coefficient (Wildman–Crippen LogP) is 2.04. The molecular formula is C14H11ClN4O2. The Kier molecular flexibility index (Phi) is 3.31. The van der Waals surface area contributed by atoms with Crippen LogP contribution in [0.2, 0.25) is 5.02 Å². The maximum Gasteiger partial charge on any atom is 0.278 e. The Morgan fingerprint density at radius 2 is 2.14 bits per heavy atom. The van der Waals surface area contributed by atoms with Crippen molar-refractivity contribution in [1.82, 2.24) is 9.97 Å². The van der Waals surface area contributed by atoms with E-state index in [-0.39, 0.29) is 24.1 Å². The number of nitrogens with zero attached hydrogens (tertiary/aromatic N) is 3. The minimum absolute atomic E-state index is 0.0907. The Morgan fingerprint density at radius 3 is 2.86 bits per heavy atom. The van der Waals surface area contributed by atoms with Gasteiger partial charge in [0.2, 0.25) is 5.91 Å². The van der Waals surface area contributed by atoms with Crippen molar-refractivity contribution >= 4 is 34.9 Å². The van der Waals surface area contributed by atoms with E-state index in [1.165, 1.54) is 17.2 Å². The van der Waals surface area contributed by atoms with Crippen LogP contribution in [0, 0.1) is 6.92 Å². The number of hydrogen-bond donors (Lipinski definition) is 1. The van der Waals surface area contributed by atoms with Gasteiger partial charge in [-0.1, -0.05) is 11.6 Å². The molecule has 0 saturated heterocycles. The standard InChI is InChI=1S/C14H11ClN4O2/c1-8-4-5-16-13-12(8)18-11(20)7-19(13)14(21)10-3-2-9(15)6-17-10/h2-6H,7H2,1H3,(H,18,20). The van der Waals surface area contributed by atoms with Gasteiger partial charge in [0.15, 0.2) is 5.82 Å². The van der Waals surface area contributed by atoms with Crippen LogP contribution in [0.1, 0.15) is 16.1 Å². The molecule has 2 aromatic heterocycles. The number of nitrogens with one attached hydrogen (secondary N) is 1. The van der Waals surface area contributed by atoms with Crippen LogP contribution in [-0.4, -0.2) is 28.3 Å². The molecular weight excluding hydrogens is 292 g/mol. The summed E-state index contributed by atoms with van der Waals surface area (Å²) < 4.78 is 0. The lowest BCUT2D eigenvalue weighted by Gasteiger charge is -2.28. The quantitative estimate of drug-likeness (QED) is 0.874. The fourth-order valence-electron chi connectivity index (χ4n) is 2.11. The van der Waals surface area contributed by atoms with E-state index in [1.54, 1.807) is 18.3 Å². The number of pyridine rings is 2. The molecule has 0 spiro atoms. The maximum atomic E-state index is 12.5. The van der Waals surface area contributed by atoms with Crippen molar-refractivity contribution in [3.63, 3.8) is 0 Å². The summed E-state index contributed by atoms with van der Waals surface area (Å²) in [5.74, 6) is -0.224. The predicted molar refractivity (Wildman–Crippen MR) is 78.5 cm³/mol. The van der Waals surface area contributed by atoms with Crippen LogP contribution < -0.4 is 10.2 Å². The monoisotopic (exact) mass is 302 g/mol. The number of halogens is 1. The topological polar surface area (TPSA) is 75.2 Å². The number of rotatable bonds is 1. The van der Waals surface area contributed by atoms with E-state index in [9.17, 15) is 9.59 Å². The fraction of sp³-hybridized carbons (Fsp3) is 0.143. The van der Waals surface area contributed by atoms with Gasteiger partial charge in [-0.15, -0.1) is 0 Å². The molecule has 21 heavy (non-hydrogen) atoms. The first-order valence-electron chi connectivity index (χ1n) is 6.25. The molecule has 0 bridgehead atoms. The zero-order chi connectivity index (χ0) is 15.0. The van der Waals surface area contributed by atoms with E-state index in [0.717, 1.165) is 5.56 Å². The van der Waals surface area contributed by atoms with Crippen LogP contribution in [0.3, 0.4) is 0 Å². The number of anilines is 2. The van der Waals surface area contributed by atoms with Gasteiger partial charge in [-0.2, -0.15) is 0 Å². The Labute approximate surface area is 125 Å². The van der Waals surface area contributed by atoms with Crippen LogP contribution in [0.5, 0.6) is 0 Å². The Bertz CT molecular complexity index is 730. The van der Waals surface area contributed by atoms with Crippen LogP contribution in [0.25, 0.3) is 0 Å². The molecule has 2 aromatic rings. The molecule has 2 amide bonds. The first kappa shape index (κ1) is 13.5. The van der Waals surface area contributed by atoms with Crippen molar-refractivity contribution < 1.29 is 9.59 Å². The number of hydrogen-bond acceptors (Lipinski definition) is 4. The van der Waals surface area contributed by atoms with Crippen molar-refractivity contribution in [3.8, 4) is 0 Å². The fourth-order valence-corrected chi connectivity index (χ4v) is 2.22. The summed E-state index contributed by atoms with van der Waals surface area (Å²) in [7, 11) is 0. The molecule has 0 aliphatic carbocycles. The number of carbonyl (C=O) groups is 2. The van der Waals surface area contributed by atoms with Gasteiger partial charge in [0.1, 0.15) is 12.2 Å². The summed E-state index contributed by atoms with van der Waals surface area (Å²) >= 11 is 5.76. The van der Waals surface area contributed by atoms with Gasteiger partial charge in [-0.05, 0) is 30.7 Å². The van der Waals surface area contributed by atoms with E-state index >= 15 is 0 Å². The Hall–Kier alpha value is -2.47. The highest BCUT2D eigenvalue weighted by atomic mass is 35.5. The van der Waals surface area contributed by atoms with E-state index in [4.69, 9.17) is 11.6 Å². The van der Waals surface area contributed by atoms with Gasteiger partial charge in [-0.25, -0.2) is 9.97 Å². The molecule has 0 unspecified atom stereocenters. The molecule has 0 saturated carbocycles. The largest absolute Gasteiger partial charge is 0.321 e. The molecule has 0 radical (unpaired) electrons. The molecule has 3 rings (SSSR count). The van der Waals surface area contributed by atoms with Crippen molar-refractivity contribution in [3.05, 3.63) is 46.9 Å². The molecule has 7 heteroatoms. The molecule has 6 nitrogen and oxygen atoms in total. The van der Waals surface area contributed by atoms with E-state index in [1.807, 2.05) is 6.92 Å². The number of aryl methyl sites for hydroxylation is 1. The average Bonchev–Trinajstić information content (AvgIpc) is 2.47. The van der Waals surface area contributed by atoms with Crippen molar-refractivity contribution in [1.29, 1.82) is 0 Å². The second-order valence-corrected chi connectivity index (χ2v) is 5.06. The third-order valence-electron chi connectivity index (χ3n) is 3.15. The summed E-state index contributed by atoms with van der Waals surface area (Å²) in [6.07, 6.45) is 2.99. The second-order valence-electron chi connectivity index (χ2n) is 4.63. The molecule has 1 N–H and O–H groups in total. The SMILES string of the molecule is Cc1ccnc2c1NC(=O)CN2C(=O)c1ccc(Cl)cn1. The van der Waals surface area contributed by atoms with Gasteiger partial charge >= 0.3 is 0 Å². The van der Waals surface area contributed by atoms with Gasteiger partial charge in [0.05, 0.1) is 10.7 Å². The zero-order valence-corrected chi connectivity index (χ0v) is 11.9. The minimum Gasteiger partial charge on any atom is -0.321 e. The van der Waals surface area contributed by atoms with Gasteiger partial charge in [-0.3, -0.25) is 14.5 Å². The van der Waals surface area contributed by atoms with Gasteiger partial charge in [0, 0.05) is 12.4 Å². The second kappa shape index (κ2) is 5.14. The van der Waals surface area contributed by atoms with Crippen LogP contribution in [0.15, 0.2) is 30.6 Å². The van der Waals surface area contributed by atoms with Crippen LogP contribution in [0.4, 0.5) is 11.5 Å². The van der Waals surface area contributed by atoms with E-state index < -0.39 is 0 Å². The molecule has 3 heterocycles. The normalized spacial score (nSPS) is 13.6. The molecule has 0 fully saturated rings. The maximum absolute atomic E-state index is 12.5. The van der Waals surface area contributed by atoms with E-state index in [2.05, 4.69) is 15.3 Å². The Morgan fingerprint density at radius 1 is 1.33 bits per heavy atom. The van der Waals surface area contributed by atoms with Crippen molar-refractivity contribution in [2.24, 2.45) is 0 Å². The lowest BCUT2D eigenvalue weighted by atomic mass is 10.1. The smallest absolute Gasteiger partial charge is 0.278 e. The van der Waals surface area contributed by atoms with Gasteiger partial charge < -0.3 is 5.32 Å². The zero-order valence-electron chi connectivity index (χ0n) is 11.1. The highest BCUT2D eigenvalue weighted by Crippen LogP contribution is 2.30. The average molecular weight is 303 g/mol. The molecule has 0 aromatic carbocycles. The molecule has 1 aliphatic heterocycles. The third kappa shape index (κ3) is 2.45. The lowest BCUT2D eigenvalue weighted by Crippen LogP contribution is -2.43.